The van der Waals surface area contributed by atoms with E-state index in [1.165, 1.54) is 98.7 Å². The van der Waals surface area contributed by atoms with Crippen molar-refractivity contribution in [1.29, 1.82) is 0 Å². The molecule has 0 unspecified atom stereocenters. The predicted molar refractivity (Wildman–Crippen MR) is 210 cm³/mol. The molecule has 0 nitrogen and oxygen atoms in total. The minimum atomic E-state index is -0.0733. The van der Waals surface area contributed by atoms with E-state index in [1.807, 2.05) is 0 Å². The van der Waals surface area contributed by atoms with Crippen molar-refractivity contribution in [2.24, 2.45) is 0 Å². The second kappa shape index (κ2) is 10.5. The first-order valence-electron chi connectivity index (χ1n) is 17.3. The largest absolute Gasteiger partial charge is 0.0622 e. The molecule has 230 valence electrons. The van der Waals surface area contributed by atoms with Crippen LogP contribution in [-0.2, 0) is 5.41 Å². The van der Waals surface area contributed by atoms with Crippen LogP contribution in [0.5, 0.6) is 0 Å². The topological polar surface area (TPSA) is 0 Å². The Morgan fingerprint density at radius 2 is 0.898 bits per heavy atom. The van der Waals surface area contributed by atoms with E-state index in [9.17, 15) is 0 Å². The fourth-order valence-electron chi connectivity index (χ4n) is 8.63. The Morgan fingerprint density at radius 1 is 0.327 bits per heavy atom. The van der Waals surface area contributed by atoms with Crippen LogP contribution in [0.3, 0.4) is 0 Å². The van der Waals surface area contributed by atoms with Crippen LogP contribution in [-0.4, -0.2) is 0 Å². The van der Waals surface area contributed by atoms with E-state index >= 15 is 0 Å². The van der Waals surface area contributed by atoms with E-state index < -0.39 is 0 Å². The fourth-order valence-corrected chi connectivity index (χ4v) is 8.63. The Labute approximate surface area is 286 Å². The molecule has 9 aromatic rings. The molecule has 1 aliphatic rings. The summed E-state index contributed by atoms with van der Waals surface area (Å²) in [7, 11) is 0. The van der Waals surface area contributed by atoms with Crippen LogP contribution >= 0.6 is 0 Å². The lowest BCUT2D eigenvalue weighted by atomic mass is 9.81. The lowest BCUT2D eigenvalue weighted by molar-refractivity contribution is 0.661. The molecule has 0 fully saturated rings. The van der Waals surface area contributed by atoms with Crippen LogP contribution in [0.1, 0.15) is 25.0 Å². The summed E-state index contributed by atoms with van der Waals surface area (Å²) in [4.78, 5) is 0. The molecule has 0 aromatic heterocycles. The van der Waals surface area contributed by atoms with Gasteiger partial charge in [-0.1, -0.05) is 159 Å². The standard InChI is InChI=1S/C49H34/c1-49(2)45-26-24-32-15-6-7-18-37(32)48(45)42-25-23-34(30-46(42)49)33-16-12-17-35(27-33)44-29-36-28-43(31-13-4-3-5-14-31)38-19-8-10-21-40(38)47(36)41-22-11-9-20-39(41)44/h3-30H,1-2H3. The van der Waals surface area contributed by atoms with Gasteiger partial charge in [0.2, 0.25) is 0 Å². The second-order valence-corrected chi connectivity index (χ2v) is 14.1. The molecule has 0 heteroatoms. The van der Waals surface area contributed by atoms with Crippen molar-refractivity contribution in [2.45, 2.75) is 19.3 Å². The first-order chi connectivity index (χ1) is 24.1. The fraction of sp³-hybridized carbons (Fsp3) is 0.0612. The van der Waals surface area contributed by atoms with Gasteiger partial charge >= 0.3 is 0 Å². The molecule has 0 amide bonds. The van der Waals surface area contributed by atoms with Gasteiger partial charge in [0.05, 0.1) is 0 Å². The molecule has 0 atom stereocenters. The molecular weight excluding hydrogens is 589 g/mol. The zero-order valence-electron chi connectivity index (χ0n) is 27.7. The summed E-state index contributed by atoms with van der Waals surface area (Å²) >= 11 is 0. The van der Waals surface area contributed by atoms with Crippen LogP contribution in [0, 0.1) is 0 Å². The van der Waals surface area contributed by atoms with Crippen molar-refractivity contribution < 1.29 is 0 Å². The van der Waals surface area contributed by atoms with Crippen molar-refractivity contribution in [3.8, 4) is 44.5 Å². The smallest absolute Gasteiger partial charge is 0.0159 e. The third kappa shape index (κ3) is 4.17. The molecular formula is C49H34. The highest BCUT2D eigenvalue weighted by molar-refractivity contribution is 6.25. The summed E-state index contributed by atoms with van der Waals surface area (Å²) < 4.78 is 0. The highest BCUT2D eigenvalue weighted by atomic mass is 14.4. The molecule has 0 radical (unpaired) electrons. The Morgan fingerprint density at radius 3 is 1.63 bits per heavy atom. The summed E-state index contributed by atoms with van der Waals surface area (Å²) in [5, 5.41) is 10.4. The molecule has 0 N–H and O–H groups in total. The van der Waals surface area contributed by atoms with E-state index in [0.29, 0.717) is 0 Å². The van der Waals surface area contributed by atoms with Gasteiger partial charge in [-0.05, 0) is 123 Å². The highest BCUT2D eigenvalue weighted by Gasteiger charge is 2.36. The van der Waals surface area contributed by atoms with E-state index in [2.05, 4.69) is 184 Å². The SMILES string of the molecule is CC1(C)c2cc(-c3cccc(-c4cc5cc(-c6ccccc6)c6ccccc6c5c5ccccc45)c3)ccc2-c2c1ccc1ccccc21. The summed E-state index contributed by atoms with van der Waals surface area (Å²) in [5.74, 6) is 0. The van der Waals surface area contributed by atoms with Crippen molar-refractivity contribution >= 4 is 43.1 Å². The number of hydrogen-bond donors (Lipinski definition) is 0. The number of benzene rings is 9. The van der Waals surface area contributed by atoms with Crippen LogP contribution in [0.15, 0.2) is 170 Å². The van der Waals surface area contributed by atoms with Crippen molar-refractivity contribution in [3.05, 3.63) is 181 Å². The molecule has 10 rings (SSSR count). The third-order valence-electron chi connectivity index (χ3n) is 11.0. The van der Waals surface area contributed by atoms with Crippen molar-refractivity contribution in [2.75, 3.05) is 0 Å². The van der Waals surface area contributed by atoms with Gasteiger partial charge in [0, 0.05) is 5.41 Å². The molecule has 0 heterocycles. The average molecular weight is 623 g/mol. The van der Waals surface area contributed by atoms with Crippen LogP contribution in [0.25, 0.3) is 87.6 Å². The van der Waals surface area contributed by atoms with Crippen LogP contribution < -0.4 is 0 Å². The number of rotatable bonds is 3. The van der Waals surface area contributed by atoms with Gasteiger partial charge in [-0.2, -0.15) is 0 Å². The van der Waals surface area contributed by atoms with E-state index in [1.54, 1.807) is 0 Å². The maximum Gasteiger partial charge on any atom is 0.0159 e. The Balaban J connectivity index is 1.16. The third-order valence-corrected chi connectivity index (χ3v) is 11.0. The number of fused-ring (bicyclic) bond motifs is 10. The maximum absolute atomic E-state index is 2.44. The maximum atomic E-state index is 2.44. The lowest BCUT2D eigenvalue weighted by Gasteiger charge is -2.22. The van der Waals surface area contributed by atoms with Gasteiger partial charge in [0.25, 0.3) is 0 Å². The molecule has 0 bridgehead atoms. The van der Waals surface area contributed by atoms with Crippen LogP contribution in [0.2, 0.25) is 0 Å². The first kappa shape index (κ1) is 28.1. The quantitative estimate of drug-likeness (QED) is 0.172. The average Bonchev–Trinajstić information content (AvgIpc) is 3.40. The van der Waals surface area contributed by atoms with E-state index in [-0.39, 0.29) is 5.41 Å². The van der Waals surface area contributed by atoms with Gasteiger partial charge in [0.1, 0.15) is 0 Å². The minimum Gasteiger partial charge on any atom is -0.0622 e. The molecule has 1 aliphatic carbocycles. The van der Waals surface area contributed by atoms with E-state index in [0.717, 1.165) is 0 Å². The molecule has 0 aliphatic heterocycles. The molecule has 49 heavy (non-hydrogen) atoms. The molecule has 0 spiro atoms. The minimum absolute atomic E-state index is 0.0733. The molecule has 0 saturated heterocycles. The Hall–Kier alpha value is -5.98. The van der Waals surface area contributed by atoms with Gasteiger partial charge in [-0.3, -0.25) is 0 Å². The zero-order valence-corrected chi connectivity index (χ0v) is 27.7. The Bertz CT molecular complexity index is 2780. The zero-order chi connectivity index (χ0) is 32.7. The highest BCUT2D eigenvalue weighted by Crippen LogP contribution is 2.52. The molecule has 0 saturated carbocycles. The summed E-state index contributed by atoms with van der Waals surface area (Å²) in [6.45, 7) is 4.75. The van der Waals surface area contributed by atoms with Gasteiger partial charge in [-0.15, -0.1) is 0 Å². The molecule has 9 aromatic carbocycles. The Kier molecular flexibility index (Phi) is 6.02. The summed E-state index contributed by atoms with van der Waals surface area (Å²) in [5.41, 5.74) is 13.0. The van der Waals surface area contributed by atoms with Gasteiger partial charge in [0.15, 0.2) is 0 Å². The predicted octanol–water partition coefficient (Wildman–Crippen LogP) is 13.6. The first-order valence-corrected chi connectivity index (χ1v) is 17.3. The normalized spacial score (nSPS) is 13.3. The lowest BCUT2D eigenvalue weighted by Crippen LogP contribution is -2.15. The van der Waals surface area contributed by atoms with Crippen LogP contribution in [0.4, 0.5) is 0 Å². The summed E-state index contributed by atoms with van der Waals surface area (Å²) in [6, 6.07) is 63.1. The van der Waals surface area contributed by atoms with Crippen molar-refractivity contribution in [3.63, 3.8) is 0 Å². The van der Waals surface area contributed by atoms with E-state index in [4.69, 9.17) is 0 Å². The summed E-state index contributed by atoms with van der Waals surface area (Å²) in [6.07, 6.45) is 0. The second-order valence-electron chi connectivity index (χ2n) is 14.1. The monoisotopic (exact) mass is 622 g/mol. The van der Waals surface area contributed by atoms with Gasteiger partial charge < -0.3 is 0 Å². The van der Waals surface area contributed by atoms with Crippen molar-refractivity contribution in [1.82, 2.24) is 0 Å². The number of hydrogen-bond acceptors (Lipinski definition) is 0. The van der Waals surface area contributed by atoms with Gasteiger partial charge in [-0.25, -0.2) is 0 Å².